The fourth-order valence-electron chi connectivity index (χ4n) is 4.52. The average Bonchev–Trinajstić information content (AvgIpc) is 3.15. The van der Waals surface area contributed by atoms with Crippen molar-refractivity contribution >= 4 is 6.09 Å². The number of amides is 1. The van der Waals surface area contributed by atoms with Crippen LogP contribution in [0.3, 0.4) is 0 Å². The van der Waals surface area contributed by atoms with Crippen molar-refractivity contribution < 1.29 is 53.8 Å². The number of halogens is 9. The molecule has 4 rings (SSSR count). The quantitative estimate of drug-likeness (QED) is 0.286. The summed E-state index contributed by atoms with van der Waals surface area (Å²) in [6.45, 7) is 0.832. The highest BCUT2D eigenvalue weighted by Gasteiger charge is 2.43. The van der Waals surface area contributed by atoms with E-state index in [1.807, 2.05) is 0 Å². The van der Waals surface area contributed by atoms with Gasteiger partial charge < -0.3 is 9.47 Å². The summed E-state index contributed by atoms with van der Waals surface area (Å²) in [5.74, 6) is 0.321. The average molecular weight is 577 g/mol. The van der Waals surface area contributed by atoms with E-state index in [1.54, 1.807) is 24.3 Å². The van der Waals surface area contributed by atoms with Gasteiger partial charge in [0.2, 0.25) is 0 Å². The lowest BCUT2D eigenvalue weighted by molar-refractivity contribution is -0.143. The minimum atomic E-state index is -5.12. The highest BCUT2D eigenvalue weighted by molar-refractivity contribution is 5.76. The number of carbonyl (C=O) groups excluding carboxylic acids is 1. The van der Waals surface area contributed by atoms with Crippen LogP contribution in [-0.4, -0.2) is 24.1 Å². The molecule has 1 saturated heterocycles. The van der Waals surface area contributed by atoms with Gasteiger partial charge in [-0.3, -0.25) is 4.90 Å². The van der Waals surface area contributed by atoms with E-state index in [2.05, 4.69) is 0 Å². The van der Waals surface area contributed by atoms with Gasteiger partial charge in [-0.05, 0) is 60.0 Å². The highest BCUT2D eigenvalue weighted by atomic mass is 19.4. The van der Waals surface area contributed by atoms with E-state index in [0.29, 0.717) is 23.4 Å². The standard InChI is InChI=1S/C27H20F9NO3/c1-14-23(15-9-18(26(31,32)33)12-19(10-15)27(34,35)36)40-24(38)37(14)13-16-11-17(25(28,29)30)7-8-20(16)21-5-3-4-6-22(21)39-2/h3-12,14,23H,13H2,1-2H3. The van der Waals surface area contributed by atoms with Crippen molar-refractivity contribution in [1.29, 1.82) is 0 Å². The van der Waals surface area contributed by atoms with Gasteiger partial charge >= 0.3 is 24.6 Å². The molecule has 4 nitrogen and oxygen atoms in total. The molecule has 1 amide bonds. The zero-order chi connectivity index (χ0) is 29.6. The monoisotopic (exact) mass is 577 g/mol. The van der Waals surface area contributed by atoms with Crippen LogP contribution < -0.4 is 4.74 Å². The molecule has 0 aliphatic carbocycles. The van der Waals surface area contributed by atoms with Gasteiger partial charge in [0, 0.05) is 5.56 Å². The second-order valence-electron chi connectivity index (χ2n) is 9.08. The van der Waals surface area contributed by atoms with Crippen molar-refractivity contribution in [2.75, 3.05) is 7.11 Å². The Labute approximate surface area is 221 Å². The van der Waals surface area contributed by atoms with Crippen LogP contribution in [-0.2, 0) is 29.8 Å². The first-order chi connectivity index (χ1) is 18.5. The van der Waals surface area contributed by atoms with Crippen molar-refractivity contribution in [3.05, 3.63) is 88.5 Å². The van der Waals surface area contributed by atoms with Crippen molar-refractivity contribution in [3.8, 4) is 16.9 Å². The van der Waals surface area contributed by atoms with Crippen molar-refractivity contribution in [3.63, 3.8) is 0 Å². The maximum atomic E-state index is 13.6. The van der Waals surface area contributed by atoms with Crippen LogP contribution in [0.25, 0.3) is 11.1 Å². The number of nitrogens with zero attached hydrogens (tertiary/aromatic N) is 1. The van der Waals surface area contributed by atoms with E-state index >= 15 is 0 Å². The summed E-state index contributed by atoms with van der Waals surface area (Å²) in [6, 6.07) is 9.00. The zero-order valence-electron chi connectivity index (χ0n) is 20.7. The largest absolute Gasteiger partial charge is 0.496 e. The summed E-state index contributed by atoms with van der Waals surface area (Å²) in [5, 5.41) is 0. The minimum Gasteiger partial charge on any atom is -0.496 e. The van der Waals surface area contributed by atoms with Crippen LogP contribution in [0.4, 0.5) is 44.3 Å². The maximum absolute atomic E-state index is 13.6. The fraction of sp³-hybridized carbons (Fsp3) is 0.296. The van der Waals surface area contributed by atoms with Crippen LogP contribution in [0.15, 0.2) is 60.7 Å². The summed E-state index contributed by atoms with van der Waals surface area (Å²) < 4.78 is 131. The van der Waals surface area contributed by atoms with Gasteiger partial charge in [-0.1, -0.05) is 24.3 Å². The molecule has 1 heterocycles. The lowest BCUT2D eigenvalue weighted by Crippen LogP contribution is -2.32. The maximum Gasteiger partial charge on any atom is 0.416 e. The summed E-state index contributed by atoms with van der Waals surface area (Å²) in [7, 11) is 1.36. The van der Waals surface area contributed by atoms with Crippen molar-refractivity contribution in [2.45, 2.75) is 44.1 Å². The lowest BCUT2D eigenvalue weighted by atomic mass is 9.95. The number of alkyl halides is 9. The van der Waals surface area contributed by atoms with Gasteiger partial charge in [0.1, 0.15) is 11.9 Å². The molecule has 1 aliphatic heterocycles. The molecule has 13 heteroatoms. The Balaban J connectivity index is 1.76. The fourth-order valence-corrected chi connectivity index (χ4v) is 4.52. The van der Waals surface area contributed by atoms with E-state index in [1.165, 1.54) is 20.1 Å². The molecule has 3 aromatic rings. The molecule has 2 unspecified atom stereocenters. The first kappa shape index (κ1) is 29.1. The Kier molecular flexibility index (Phi) is 7.46. The Bertz CT molecular complexity index is 1380. The molecular weight excluding hydrogens is 557 g/mol. The SMILES string of the molecule is COc1ccccc1-c1ccc(C(F)(F)F)cc1CN1C(=O)OC(c2cc(C(F)(F)F)cc(C(F)(F)F)c2)C1C. The van der Waals surface area contributed by atoms with Crippen LogP contribution >= 0.6 is 0 Å². The van der Waals surface area contributed by atoms with Gasteiger partial charge in [-0.2, -0.15) is 39.5 Å². The third kappa shape index (κ3) is 5.82. The van der Waals surface area contributed by atoms with E-state index in [9.17, 15) is 44.3 Å². The van der Waals surface area contributed by atoms with Gasteiger partial charge in [0.25, 0.3) is 0 Å². The van der Waals surface area contributed by atoms with Gasteiger partial charge in [-0.15, -0.1) is 0 Å². The van der Waals surface area contributed by atoms with Gasteiger partial charge in [0.15, 0.2) is 0 Å². The Morgan fingerprint density at radius 1 is 0.775 bits per heavy atom. The predicted octanol–water partition coefficient (Wildman–Crippen LogP) is 8.50. The van der Waals surface area contributed by atoms with Crippen LogP contribution in [0.2, 0.25) is 0 Å². The predicted molar refractivity (Wildman–Crippen MR) is 124 cm³/mol. The summed E-state index contributed by atoms with van der Waals surface area (Å²) in [5.41, 5.74) is -4.08. The number of methoxy groups -OCH3 is 1. The summed E-state index contributed by atoms with van der Waals surface area (Å²) in [4.78, 5) is 13.8. The molecule has 3 aromatic carbocycles. The number of rotatable bonds is 5. The third-order valence-electron chi connectivity index (χ3n) is 6.50. The number of carbonyl (C=O) groups is 1. The third-order valence-corrected chi connectivity index (χ3v) is 6.50. The normalized spacial score (nSPS) is 18.2. The van der Waals surface area contributed by atoms with E-state index in [-0.39, 0.29) is 17.2 Å². The Morgan fingerprint density at radius 3 is 1.90 bits per heavy atom. The minimum absolute atomic E-state index is 0.00352. The summed E-state index contributed by atoms with van der Waals surface area (Å²) in [6.07, 6.45) is -17.7. The first-order valence-electron chi connectivity index (χ1n) is 11.6. The zero-order valence-corrected chi connectivity index (χ0v) is 20.7. The molecule has 0 radical (unpaired) electrons. The molecule has 1 aliphatic rings. The summed E-state index contributed by atoms with van der Waals surface area (Å²) >= 11 is 0. The van der Waals surface area contributed by atoms with Gasteiger partial charge in [-0.25, -0.2) is 4.79 Å². The molecule has 0 saturated carbocycles. The molecule has 0 spiro atoms. The number of hydrogen-bond acceptors (Lipinski definition) is 3. The van der Waals surface area contributed by atoms with E-state index < -0.39 is 65.6 Å². The molecular formula is C27H20F9NO3. The molecule has 0 bridgehead atoms. The molecule has 40 heavy (non-hydrogen) atoms. The Morgan fingerprint density at radius 2 is 1.35 bits per heavy atom. The number of cyclic esters (lactones) is 1. The van der Waals surface area contributed by atoms with Crippen LogP contribution in [0.5, 0.6) is 5.75 Å². The van der Waals surface area contributed by atoms with E-state index in [0.717, 1.165) is 17.0 Å². The lowest BCUT2D eigenvalue weighted by Gasteiger charge is -2.24. The second kappa shape index (κ2) is 10.3. The highest BCUT2D eigenvalue weighted by Crippen LogP contribution is 2.42. The molecule has 0 aromatic heterocycles. The smallest absolute Gasteiger partial charge is 0.416 e. The van der Waals surface area contributed by atoms with E-state index in [4.69, 9.17) is 9.47 Å². The number of para-hydroxylation sites is 1. The first-order valence-corrected chi connectivity index (χ1v) is 11.6. The van der Waals surface area contributed by atoms with Gasteiger partial charge in [0.05, 0.1) is 36.4 Å². The number of hydrogen-bond donors (Lipinski definition) is 0. The van der Waals surface area contributed by atoms with Crippen molar-refractivity contribution in [2.24, 2.45) is 0 Å². The number of benzene rings is 3. The van der Waals surface area contributed by atoms with Crippen molar-refractivity contribution in [1.82, 2.24) is 4.90 Å². The van der Waals surface area contributed by atoms with Crippen LogP contribution in [0.1, 0.15) is 40.8 Å². The molecule has 214 valence electrons. The Hall–Kier alpha value is -3.90. The number of ether oxygens (including phenoxy) is 2. The topological polar surface area (TPSA) is 38.8 Å². The molecule has 2 atom stereocenters. The molecule has 0 N–H and O–H groups in total. The second-order valence-corrected chi connectivity index (χ2v) is 9.08. The molecule has 1 fully saturated rings. The van der Waals surface area contributed by atoms with Crippen LogP contribution in [0, 0.1) is 0 Å².